The van der Waals surface area contributed by atoms with Crippen molar-refractivity contribution in [1.29, 1.82) is 0 Å². The third kappa shape index (κ3) is 4.06. The zero-order valence-electron chi connectivity index (χ0n) is 11.8. The lowest BCUT2D eigenvalue weighted by Crippen LogP contribution is -2.21. The van der Waals surface area contributed by atoms with Crippen molar-refractivity contribution in [2.24, 2.45) is 7.05 Å². The number of nitrogens with one attached hydrogen (secondary N) is 1. The largest absolute Gasteiger partial charge is 0.368 e. The molecule has 8 heteroatoms. The molecule has 0 bridgehead atoms. The number of amides is 1. The van der Waals surface area contributed by atoms with Gasteiger partial charge in [0, 0.05) is 31.1 Å². The van der Waals surface area contributed by atoms with Crippen LogP contribution in [0.25, 0.3) is 6.08 Å². The number of imidazole rings is 1. The summed E-state index contributed by atoms with van der Waals surface area (Å²) in [6.07, 6.45) is 9.88. The second-order valence-corrected chi connectivity index (χ2v) is 4.99. The Morgan fingerprint density at radius 3 is 2.71 bits per heavy atom. The van der Waals surface area contributed by atoms with Gasteiger partial charge in [-0.1, -0.05) is 11.8 Å². The molecule has 0 aliphatic rings. The zero-order valence-corrected chi connectivity index (χ0v) is 12.6. The Morgan fingerprint density at radius 1 is 1.38 bits per heavy atom. The van der Waals surface area contributed by atoms with E-state index in [-0.39, 0.29) is 11.9 Å². The minimum absolute atomic E-state index is 0.196. The summed E-state index contributed by atoms with van der Waals surface area (Å²) in [5.74, 6) is 0.0103. The van der Waals surface area contributed by atoms with Crippen LogP contribution in [0.5, 0.6) is 0 Å². The van der Waals surface area contributed by atoms with Gasteiger partial charge in [0.05, 0.1) is 18.4 Å². The molecule has 0 saturated heterocycles. The van der Waals surface area contributed by atoms with Gasteiger partial charge in [0.25, 0.3) is 0 Å². The van der Waals surface area contributed by atoms with Crippen molar-refractivity contribution in [3.8, 4) is 0 Å². The molecule has 110 valence electrons. The van der Waals surface area contributed by atoms with Crippen LogP contribution < -0.4 is 11.1 Å². The highest BCUT2D eigenvalue weighted by Gasteiger charge is 2.05. The molecule has 0 fully saturated rings. The molecular weight excluding hydrogens is 288 g/mol. The second kappa shape index (κ2) is 6.89. The first kappa shape index (κ1) is 15.0. The van der Waals surface area contributed by atoms with Crippen LogP contribution in [0.3, 0.4) is 0 Å². The highest BCUT2D eigenvalue weighted by Crippen LogP contribution is 2.13. The normalized spacial score (nSPS) is 11.0. The molecular formula is C13H16N6OS. The average Bonchev–Trinajstić information content (AvgIpc) is 2.85. The lowest BCUT2D eigenvalue weighted by molar-refractivity contribution is -0.116. The molecule has 2 heterocycles. The third-order valence-electron chi connectivity index (χ3n) is 2.79. The number of hydrogen-bond acceptors (Lipinski definition) is 6. The van der Waals surface area contributed by atoms with Crippen molar-refractivity contribution in [3.05, 3.63) is 35.9 Å². The van der Waals surface area contributed by atoms with Gasteiger partial charge in [0.15, 0.2) is 5.16 Å². The molecule has 7 nitrogen and oxygen atoms in total. The molecule has 0 atom stereocenters. The van der Waals surface area contributed by atoms with E-state index >= 15 is 0 Å². The first-order valence-corrected chi connectivity index (χ1v) is 7.40. The average molecular weight is 304 g/mol. The van der Waals surface area contributed by atoms with E-state index in [9.17, 15) is 4.79 Å². The molecule has 2 aromatic rings. The lowest BCUT2D eigenvalue weighted by atomic mass is 10.3. The number of rotatable bonds is 5. The molecule has 0 aliphatic heterocycles. The van der Waals surface area contributed by atoms with Gasteiger partial charge in [-0.15, -0.1) is 0 Å². The molecule has 21 heavy (non-hydrogen) atoms. The molecule has 0 aromatic carbocycles. The standard InChI is InChI=1S/C13H16N6OS/c1-19-10(8-18-13(19)21-2)7-15-11(20)4-3-9-5-16-12(14)17-6-9/h3-6,8H,7H2,1-2H3,(H,15,20)(H2,14,16,17)/b4-3+. The van der Waals surface area contributed by atoms with Gasteiger partial charge in [0.1, 0.15) is 0 Å². The van der Waals surface area contributed by atoms with E-state index in [4.69, 9.17) is 5.73 Å². The Balaban J connectivity index is 1.89. The minimum atomic E-state index is -0.196. The van der Waals surface area contributed by atoms with E-state index in [2.05, 4.69) is 20.3 Å². The SMILES string of the molecule is CSc1ncc(CNC(=O)/C=C/c2cnc(N)nc2)n1C. The van der Waals surface area contributed by atoms with Crippen molar-refractivity contribution in [1.82, 2.24) is 24.8 Å². The van der Waals surface area contributed by atoms with E-state index in [0.717, 1.165) is 10.9 Å². The molecule has 1 amide bonds. The van der Waals surface area contributed by atoms with Gasteiger partial charge in [-0.2, -0.15) is 0 Å². The number of hydrogen-bond donors (Lipinski definition) is 2. The van der Waals surface area contributed by atoms with Gasteiger partial charge >= 0.3 is 0 Å². The summed E-state index contributed by atoms with van der Waals surface area (Å²) >= 11 is 1.56. The van der Waals surface area contributed by atoms with E-state index < -0.39 is 0 Å². The van der Waals surface area contributed by atoms with Crippen LogP contribution in [0.15, 0.2) is 29.8 Å². The maximum absolute atomic E-state index is 11.7. The van der Waals surface area contributed by atoms with Crippen molar-refractivity contribution >= 4 is 29.7 Å². The Kier molecular flexibility index (Phi) is 4.94. The van der Waals surface area contributed by atoms with Gasteiger partial charge in [-0.05, 0) is 12.3 Å². The Labute approximate surface area is 126 Å². The van der Waals surface area contributed by atoms with Gasteiger partial charge < -0.3 is 15.6 Å². The van der Waals surface area contributed by atoms with E-state index in [1.54, 1.807) is 36.4 Å². The number of anilines is 1. The van der Waals surface area contributed by atoms with Crippen LogP contribution in [0.4, 0.5) is 5.95 Å². The summed E-state index contributed by atoms with van der Waals surface area (Å²) < 4.78 is 1.95. The topological polar surface area (TPSA) is 98.7 Å². The Bertz CT molecular complexity index is 649. The number of carbonyl (C=O) groups excluding carboxylic acids is 1. The number of carbonyl (C=O) groups is 1. The number of nitrogens with two attached hydrogens (primary N) is 1. The van der Waals surface area contributed by atoms with E-state index in [1.807, 2.05) is 17.9 Å². The highest BCUT2D eigenvalue weighted by molar-refractivity contribution is 7.98. The maximum Gasteiger partial charge on any atom is 0.244 e. The molecule has 0 radical (unpaired) electrons. The smallest absolute Gasteiger partial charge is 0.244 e. The molecule has 0 unspecified atom stereocenters. The highest BCUT2D eigenvalue weighted by atomic mass is 32.2. The van der Waals surface area contributed by atoms with Crippen molar-refractivity contribution in [2.45, 2.75) is 11.7 Å². The molecule has 0 spiro atoms. The minimum Gasteiger partial charge on any atom is -0.368 e. The van der Waals surface area contributed by atoms with Gasteiger partial charge in [0.2, 0.25) is 11.9 Å². The summed E-state index contributed by atoms with van der Waals surface area (Å²) in [7, 11) is 1.92. The molecule has 2 rings (SSSR count). The van der Waals surface area contributed by atoms with Crippen LogP contribution in [0.1, 0.15) is 11.3 Å². The fraction of sp³-hybridized carbons (Fsp3) is 0.231. The fourth-order valence-electron chi connectivity index (χ4n) is 1.62. The van der Waals surface area contributed by atoms with Crippen LogP contribution in [-0.4, -0.2) is 31.7 Å². The Morgan fingerprint density at radius 2 is 2.10 bits per heavy atom. The molecule has 3 N–H and O–H groups in total. The number of thioether (sulfide) groups is 1. The predicted octanol–water partition coefficient (Wildman–Crippen LogP) is 0.844. The van der Waals surface area contributed by atoms with Crippen LogP contribution in [-0.2, 0) is 18.4 Å². The number of nitrogen functional groups attached to an aromatic ring is 1. The van der Waals surface area contributed by atoms with Crippen LogP contribution in [0, 0.1) is 0 Å². The van der Waals surface area contributed by atoms with Gasteiger partial charge in [-0.3, -0.25) is 4.79 Å². The van der Waals surface area contributed by atoms with Gasteiger partial charge in [-0.25, -0.2) is 15.0 Å². The zero-order chi connectivity index (χ0) is 15.2. The quantitative estimate of drug-likeness (QED) is 0.627. The fourth-order valence-corrected chi connectivity index (χ4v) is 2.17. The molecule has 0 aliphatic carbocycles. The van der Waals surface area contributed by atoms with Crippen LogP contribution in [0.2, 0.25) is 0 Å². The van der Waals surface area contributed by atoms with E-state index in [1.165, 1.54) is 6.08 Å². The Hall–Kier alpha value is -2.35. The number of nitrogens with zero attached hydrogens (tertiary/aromatic N) is 4. The number of aromatic nitrogens is 4. The van der Waals surface area contributed by atoms with Crippen molar-refractivity contribution < 1.29 is 4.79 Å². The summed E-state index contributed by atoms with van der Waals surface area (Å²) in [6.45, 7) is 0.422. The predicted molar refractivity (Wildman–Crippen MR) is 82.3 cm³/mol. The monoisotopic (exact) mass is 304 g/mol. The van der Waals surface area contributed by atoms with E-state index in [0.29, 0.717) is 12.1 Å². The summed E-state index contributed by atoms with van der Waals surface area (Å²) in [6, 6.07) is 0. The second-order valence-electron chi connectivity index (χ2n) is 4.22. The summed E-state index contributed by atoms with van der Waals surface area (Å²) in [5, 5.41) is 3.71. The first-order valence-electron chi connectivity index (χ1n) is 6.18. The summed E-state index contributed by atoms with van der Waals surface area (Å²) in [5.41, 5.74) is 7.04. The summed E-state index contributed by atoms with van der Waals surface area (Å²) in [4.78, 5) is 23.7. The van der Waals surface area contributed by atoms with Crippen molar-refractivity contribution in [2.75, 3.05) is 12.0 Å². The van der Waals surface area contributed by atoms with Crippen LogP contribution >= 0.6 is 11.8 Å². The molecule has 0 saturated carbocycles. The third-order valence-corrected chi connectivity index (χ3v) is 3.53. The molecule has 2 aromatic heterocycles. The maximum atomic E-state index is 11.7. The lowest BCUT2D eigenvalue weighted by Gasteiger charge is -2.04. The van der Waals surface area contributed by atoms with Crippen molar-refractivity contribution in [3.63, 3.8) is 0 Å². The first-order chi connectivity index (χ1) is 10.1.